The Hall–Kier alpha value is -7.49. The summed E-state index contributed by atoms with van der Waals surface area (Å²) in [7, 11) is 0. The maximum absolute atomic E-state index is 14.0. The van der Waals surface area contributed by atoms with Crippen molar-refractivity contribution >= 4 is 57.6 Å². The topological polar surface area (TPSA) is 286 Å². The van der Waals surface area contributed by atoms with E-state index in [-0.39, 0.29) is 93.9 Å². The summed E-state index contributed by atoms with van der Waals surface area (Å²) in [6.07, 6.45) is 3.05. The van der Waals surface area contributed by atoms with Gasteiger partial charge >= 0.3 is 0 Å². The van der Waals surface area contributed by atoms with Crippen LogP contribution in [-0.2, 0) is 56.0 Å². The van der Waals surface area contributed by atoms with Crippen molar-refractivity contribution in [2.45, 2.75) is 112 Å². The van der Waals surface area contributed by atoms with Crippen LogP contribution in [-0.4, -0.2) is 199 Å². The average Bonchev–Trinajstić information content (AvgIpc) is 1.74. The van der Waals surface area contributed by atoms with Gasteiger partial charge in [0.2, 0.25) is 23.6 Å². The van der Waals surface area contributed by atoms with Gasteiger partial charge in [-0.3, -0.25) is 38.3 Å². The molecule has 2 aromatic carbocycles. The summed E-state index contributed by atoms with van der Waals surface area (Å²) in [6.45, 7) is 23.3. The summed E-state index contributed by atoms with van der Waals surface area (Å²) >= 11 is 1.57. The number of pyridine rings is 2. The molecule has 0 spiro atoms. The smallest absolute Gasteiger partial charge is 0.253 e. The van der Waals surface area contributed by atoms with E-state index >= 15 is 0 Å². The van der Waals surface area contributed by atoms with E-state index in [1.165, 1.54) is 4.90 Å². The number of piperazine rings is 1. The highest BCUT2D eigenvalue weighted by atomic mass is 32.1. The first-order valence-corrected chi connectivity index (χ1v) is 32.2. The second-order valence-electron chi connectivity index (χ2n) is 24.4. The molecule has 5 amide bonds. The lowest BCUT2D eigenvalue weighted by atomic mass is 9.85. The summed E-state index contributed by atoms with van der Waals surface area (Å²) in [5, 5.41) is 27.7. The molecule has 2 aliphatic rings. The van der Waals surface area contributed by atoms with Gasteiger partial charge in [-0.2, -0.15) is 5.10 Å². The standard InChI is InChI=1S/C66H90N12O12S/c1-43(2)78-55-35-50(34-52(54(55)40-72-78)62(82)70-39-53-44(3)33-45(4)73-63(53)83)49-13-14-57(68-38-49)76-21-19-75(20-22-76)18-17-67-58(80)15-23-86-25-27-88-29-31-90-32-30-89-28-26-87-24-16-59(81)74-61(66(6,7)8)65(85)77-41-51(79)36-56(77)64(84)69-37-47-9-11-48(12-10-47)60-46(5)71-42-91-60/h9-14,33-35,38,40,42-43,51,56,61,79H,15-32,36-37,39,41H2,1-8H3,(H,67,80)(H,69,84)(H,70,82)(H,73,83)(H,74,81)/t51-,56+,61-/m1/s1. The molecule has 0 aliphatic carbocycles. The molecule has 0 radical (unpaired) electrons. The lowest BCUT2D eigenvalue weighted by molar-refractivity contribution is -0.144. The third kappa shape index (κ3) is 20.0. The first kappa shape index (κ1) is 69.4. The number of hydrogen-bond acceptors (Lipinski definition) is 18. The highest BCUT2D eigenvalue weighted by Gasteiger charge is 2.44. The van der Waals surface area contributed by atoms with E-state index < -0.39 is 29.5 Å². The van der Waals surface area contributed by atoms with Crippen molar-refractivity contribution < 1.29 is 52.8 Å². The molecular weight excluding hydrogens is 1180 g/mol. The van der Waals surface area contributed by atoms with Crippen molar-refractivity contribution in [1.29, 1.82) is 0 Å². The van der Waals surface area contributed by atoms with Gasteiger partial charge in [0.15, 0.2) is 0 Å². The number of aliphatic hydroxyl groups excluding tert-OH is 1. The van der Waals surface area contributed by atoms with Crippen LogP contribution in [0.3, 0.4) is 0 Å². The number of hydrogen-bond donors (Lipinski definition) is 6. The lowest BCUT2D eigenvalue weighted by Gasteiger charge is -2.35. The zero-order valence-corrected chi connectivity index (χ0v) is 54.6. The fourth-order valence-corrected chi connectivity index (χ4v) is 11.8. The predicted molar refractivity (Wildman–Crippen MR) is 348 cm³/mol. The van der Waals surface area contributed by atoms with Gasteiger partial charge < -0.3 is 64.8 Å². The van der Waals surface area contributed by atoms with Gasteiger partial charge in [0.25, 0.3) is 11.5 Å². The number of carbonyl (C=O) groups excluding carboxylic acids is 5. The highest BCUT2D eigenvalue weighted by Crippen LogP contribution is 2.32. The van der Waals surface area contributed by atoms with Crippen LogP contribution in [0.5, 0.6) is 0 Å². The molecule has 492 valence electrons. The van der Waals surface area contributed by atoms with Gasteiger partial charge in [-0.25, -0.2) is 9.97 Å². The lowest BCUT2D eigenvalue weighted by Crippen LogP contribution is -2.57. The number of fused-ring (bicyclic) bond motifs is 1. The van der Waals surface area contributed by atoms with Crippen LogP contribution in [0.2, 0.25) is 0 Å². The first-order valence-electron chi connectivity index (χ1n) is 31.4. The first-order chi connectivity index (χ1) is 43.7. The molecule has 2 fully saturated rings. The number of aromatic amines is 1. The summed E-state index contributed by atoms with van der Waals surface area (Å²) in [5.41, 5.74) is 8.91. The van der Waals surface area contributed by atoms with Crippen molar-refractivity contribution in [3.05, 3.63) is 116 Å². The van der Waals surface area contributed by atoms with E-state index in [1.54, 1.807) is 17.5 Å². The average molecular weight is 1280 g/mol. The Morgan fingerprint density at radius 3 is 1.97 bits per heavy atom. The second-order valence-corrected chi connectivity index (χ2v) is 25.2. The molecule has 0 unspecified atom stereocenters. The van der Waals surface area contributed by atoms with E-state index in [0.717, 1.165) is 93.5 Å². The van der Waals surface area contributed by atoms with E-state index in [1.807, 2.05) is 126 Å². The number of thiazole rings is 1. The summed E-state index contributed by atoms with van der Waals surface area (Å²) in [4.78, 5) is 98.5. The predicted octanol–water partition coefficient (Wildman–Crippen LogP) is 5.26. The Bertz CT molecular complexity index is 3430. The van der Waals surface area contributed by atoms with E-state index in [2.05, 4.69) is 46.1 Å². The molecule has 25 heteroatoms. The third-order valence-electron chi connectivity index (χ3n) is 16.0. The molecule has 0 saturated carbocycles. The van der Waals surface area contributed by atoms with Gasteiger partial charge in [0, 0.05) is 113 Å². The minimum atomic E-state index is -0.940. The number of benzene rings is 2. The molecule has 24 nitrogen and oxygen atoms in total. The van der Waals surface area contributed by atoms with E-state index in [4.69, 9.17) is 28.7 Å². The number of aryl methyl sites for hydroxylation is 3. The molecule has 8 rings (SSSR count). The fourth-order valence-electron chi connectivity index (χ4n) is 11.0. The van der Waals surface area contributed by atoms with E-state index in [9.17, 15) is 33.9 Å². The Balaban J connectivity index is 0.615. The van der Waals surface area contributed by atoms with Crippen molar-refractivity contribution in [3.8, 4) is 21.6 Å². The van der Waals surface area contributed by atoms with Crippen LogP contribution in [0.1, 0.15) is 98.4 Å². The van der Waals surface area contributed by atoms with Crippen LogP contribution in [0.15, 0.2) is 77.3 Å². The number of H-pyrrole nitrogens is 1. The van der Waals surface area contributed by atoms with Crippen LogP contribution >= 0.6 is 11.3 Å². The van der Waals surface area contributed by atoms with Gasteiger partial charge in [-0.15, -0.1) is 11.3 Å². The number of β-amino-alcohol motifs (C(OH)–C–C–N with tert-alkyl or cyclic N) is 1. The molecule has 6 N–H and O–H groups in total. The molecule has 4 aromatic heterocycles. The zero-order chi connectivity index (χ0) is 65.0. The van der Waals surface area contributed by atoms with Crippen LogP contribution in [0, 0.1) is 26.2 Å². The van der Waals surface area contributed by atoms with Crippen molar-refractivity contribution in [3.63, 3.8) is 0 Å². The number of anilines is 1. The molecule has 6 aromatic rings. The van der Waals surface area contributed by atoms with Gasteiger partial charge in [-0.1, -0.05) is 45.0 Å². The molecule has 2 aliphatic heterocycles. The quantitative estimate of drug-likeness (QED) is 0.0287. The summed E-state index contributed by atoms with van der Waals surface area (Å²) < 4.78 is 29.9. The van der Waals surface area contributed by atoms with Crippen LogP contribution in [0.25, 0.3) is 32.5 Å². The number of carbonyl (C=O) groups is 5. The number of ether oxygens (including phenoxy) is 5. The Kier molecular flexibility index (Phi) is 25.7. The van der Waals surface area contributed by atoms with E-state index in [0.29, 0.717) is 63.9 Å². The monoisotopic (exact) mass is 1270 g/mol. The number of nitrogens with zero attached hydrogens (tertiary/aromatic N) is 7. The molecular formula is C66H90N12O12S. The summed E-state index contributed by atoms with van der Waals surface area (Å²) in [5.74, 6) is -0.671. The Morgan fingerprint density at radius 1 is 0.736 bits per heavy atom. The highest BCUT2D eigenvalue weighted by molar-refractivity contribution is 7.13. The minimum absolute atomic E-state index is 0.0132. The van der Waals surface area contributed by atoms with Gasteiger partial charge in [-0.05, 0) is 92.6 Å². The number of nitrogens with one attached hydrogen (secondary N) is 5. The van der Waals surface area contributed by atoms with Crippen LogP contribution in [0.4, 0.5) is 5.82 Å². The molecule has 6 heterocycles. The molecule has 3 atom stereocenters. The van der Waals surface area contributed by atoms with Crippen molar-refractivity contribution in [1.82, 2.24) is 55.8 Å². The number of likely N-dealkylation sites (tertiary alicyclic amines) is 1. The minimum Gasteiger partial charge on any atom is -0.391 e. The number of aromatic nitrogens is 5. The molecule has 2 saturated heterocycles. The van der Waals surface area contributed by atoms with Crippen LogP contribution < -0.4 is 31.7 Å². The zero-order valence-electron chi connectivity index (χ0n) is 53.8. The van der Waals surface area contributed by atoms with Gasteiger partial charge in [0.05, 0.1) is 106 Å². The Labute approximate surface area is 536 Å². The van der Waals surface area contributed by atoms with Gasteiger partial charge in [0.1, 0.15) is 17.9 Å². The number of aliphatic hydroxyl groups is 1. The Morgan fingerprint density at radius 2 is 1.37 bits per heavy atom. The normalized spacial score (nSPS) is 15.8. The maximum atomic E-state index is 14.0. The SMILES string of the molecule is Cc1cc(C)c(CNC(=O)c2cc(-c3ccc(N4CCN(CCNC(=O)CCOCCOCCOCCOCCOCCC(=O)N[C@H](C(=O)N5C[C@H](O)C[C@H]5C(=O)NCc5ccc(-c6scnc6C)cc5)C(C)(C)C)CC4)nc3)cc3c2cnn3C(C)C)c(=O)[nH]1. The second kappa shape index (κ2) is 33.7. The van der Waals surface area contributed by atoms with Crippen molar-refractivity contribution in [2.24, 2.45) is 5.41 Å². The molecule has 91 heavy (non-hydrogen) atoms. The largest absolute Gasteiger partial charge is 0.391 e. The third-order valence-corrected chi connectivity index (χ3v) is 17.0. The summed E-state index contributed by atoms with van der Waals surface area (Å²) in [6, 6.07) is 15.9. The maximum Gasteiger partial charge on any atom is 0.253 e. The number of rotatable bonds is 33. The molecule has 0 bridgehead atoms. The fraction of sp³-hybridized carbons (Fsp3) is 0.530. The van der Waals surface area contributed by atoms with Crippen molar-refractivity contribution in [2.75, 3.05) is 117 Å². The number of amides is 5.